The van der Waals surface area contributed by atoms with E-state index in [-0.39, 0.29) is 0 Å². The summed E-state index contributed by atoms with van der Waals surface area (Å²) in [7, 11) is 0. The summed E-state index contributed by atoms with van der Waals surface area (Å²) in [5, 5.41) is 2.66. The highest BCUT2D eigenvalue weighted by Crippen LogP contribution is 2.28. The van der Waals surface area contributed by atoms with Gasteiger partial charge in [-0.15, -0.1) is 0 Å². The molecule has 2 aromatic rings. The molecule has 1 fully saturated rings. The molecule has 1 unspecified atom stereocenters. The number of fused-ring (bicyclic) bond motifs is 1. The van der Waals surface area contributed by atoms with Crippen molar-refractivity contribution in [3.63, 3.8) is 0 Å². The van der Waals surface area contributed by atoms with Crippen LogP contribution >= 0.6 is 15.9 Å². The van der Waals surface area contributed by atoms with Crippen LogP contribution in [-0.4, -0.2) is 18.0 Å². The van der Waals surface area contributed by atoms with Crippen molar-refractivity contribution in [2.24, 2.45) is 5.92 Å². The van der Waals surface area contributed by atoms with E-state index in [2.05, 4.69) is 58.4 Å². The predicted octanol–water partition coefficient (Wildman–Crippen LogP) is 4.57. The minimum Gasteiger partial charge on any atom is -0.381 e. The van der Waals surface area contributed by atoms with Gasteiger partial charge in [-0.05, 0) is 41.5 Å². The number of benzene rings is 2. The molecule has 0 aromatic heterocycles. The normalized spacial score (nSPS) is 18.6. The summed E-state index contributed by atoms with van der Waals surface area (Å²) in [6, 6.07) is 15.4. The summed E-state index contributed by atoms with van der Waals surface area (Å²) in [5.41, 5.74) is 1.42. The lowest BCUT2D eigenvalue weighted by Gasteiger charge is -2.26. The molecule has 0 radical (unpaired) electrons. The largest absolute Gasteiger partial charge is 0.381 e. The molecule has 19 heavy (non-hydrogen) atoms. The highest BCUT2D eigenvalue weighted by atomic mass is 79.9. The quantitative estimate of drug-likeness (QED) is 0.753. The highest BCUT2D eigenvalue weighted by molar-refractivity contribution is 9.09. The molecule has 1 atom stereocenters. The van der Waals surface area contributed by atoms with E-state index in [1.54, 1.807) is 0 Å². The summed E-state index contributed by atoms with van der Waals surface area (Å²) < 4.78 is 5.44. The summed E-state index contributed by atoms with van der Waals surface area (Å²) in [4.78, 5) is 0.567. The molecule has 100 valence electrons. The van der Waals surface area contributed by atoms with Crippen LogP contribution in [0.3, 0.4) is 0 Å². The van der Waals surface area contributed by atoms with Gasteiger partial charge in [0.25, 0.3) is 0 Å². The average molecular weight is 319 g/mol. The lowest BCUT2D eigenvalue weighted by molar-refractivity contribution is 0.0662. The van der Waals surface area contributed by atoms with Gasteiger partial charge in [0, 0.05) is 18.0 Å². The Labute approximate surface area is 123 Å². The number of hydrogen-bond acceptors (Lipinski definition) is 1. The second-order valence-electron chi connectivity index (χ2n) is 5.35. The average Bonchev–Trinajstić information content (AvgIpc) is 2.48. The van der Waals surface area contributed by atoms with Crippen molar-refractivity contribution in [1.29, 1.82) is 0 Å². The molecule has 1 aliphatic rings. The molecule has 0 aliphatic carbocycles. The van der Waals surface area contributed by atoms with E-state index in [1.165, 1.54) is 29.2 Å². The minimum atomic E-state index is 0.567. The number of halogens is 1. The third-order valence-corrected chi connectivity index (χ3v) is 5.09. The second kappa shape index (κ2) is 6.06. The van der Waals surface area contributed by atoms with Gasteiger partial charge in [-0.25, -0.2) is 0 Å². The van der Waals surface area contributed by atoms with Crippen molar-refractivity contribution >= 4 is 26.7 Å². The molecule has 0 bridgehead atoms. The standard InChI is InChI=1S/C17H19BrO/c18-17(15-7-9-19-10-8-15)12-13-5-6-14-3-1-2-4-16(14)11-13/h1-6,11,15,17H,7-10,12H2. The summed E-state index contributed by atoms with van der Waals surface area (Å²) in [6.45, 7) is 1.84. The Morgan fingerprint density at radius 3 is 2.58 bits per heavy atom. The van der Waals surface area contributed by atoms with Gasteiger partial charge in [0.1, 0.15) is 0 Å². The molecule has 2 aromatic carbocycles. The molecule has 1 aliphatic heterocycles. The Hall–Kier alpha value is -0.860. The fourth-order valence-electron chi connectivity index (χ4n) is 2.84. The van der Waals surface area contributed by atoms with Gasteiger partial charge >= 0.3 is 0 Å². The maximum atomic E-state index is 5.44. The molecular formula is C17H19BrO. The van der Waals surface area contributed by atoms with Gasteiger partial charge in [-0.2, -0.15) is 0 Å². The van der Waals surface area contributed by atoms with Crippen LogP contribution in [0.4, 0.5) is 0 Å². The van der Waals surface area contributed by atoms with Gasteiger partial charge in [0.15, 0.2) is 0 Å². The van der Waals surface area contributed by atoms with Gasteiger partial charge in [0.05, 0.1) is 0 Å². The number of rotatable bonds is 3. The molecule has 3 rings (SSSR count). The van der Waals surface area contributed by atoms with Crippen molar-refractivity contribution < 1.29 is 4.74 Å². The number of ether oxygens (including phenoxy) is 1. The van der Waals surface area contributed by atoms with E-state index in [9.17, 15) is 0 Å². The summed E-state index contributed by atoms with van der Waals surface area (Å²) in [5.74, 6) is 0.750. The predicted molar refractivity (Wildman–Crippen MR) is 83.9 cm³/mol. The first-order chi connectivity index (χ1) is 9.33. The van der Waals surface area contributed by atoms with E-state index in [0.29, 0.717) is 4.83 Å². The van der Waals surface area contributed by atoms with Crippen molar-refractivity contribution in [3.8, 4) is 0 Å². The lowest BCUT2D eigenvalue weighted by atomic mass is 9.92. The molecule has 0 spiro atoms. The number of alkyl halides is 1. The Morgan fingerprint density at radius 1 is 1.05 bits per heavy atom. The van der Waals surface area contributed by atoms with E-state index in [0.717, 1.165) is 25.6 Å². The Bertz CT molecular complexity index is 546. The van der Waals surface area contributed by atoms with Gasteiger partial charge in [-0.1, -0.05) is 58.4 Å². The van der Waals surface area contributed by atoms with Gasteiger partial charge in [0.2, 0.25) is 0 Å². The molecule has 1 nitrogen and oxygen atoms in total. The third-order valence-electron chi connectivity index (χ3n) is 4.02. The zero-order valence-corrected chi connectivity index (χ0v) is 12.6. The molecule has 0 saturated carbocycles. The van der Waals surface area contributed by atoms with Crippen LogP contribution in [0, 0.1) is 5.92 Å². The summed E-state index contributed by atoms with van der Waals surface area (Å²) >= 11 is 3.88. The SMILES string of the molecule is BrC(Cc1ccc2ccccc2c1)C1CCOCC1. The minimum absolute atomic E-state index is 0.567. The zero-order valence-electron chi connectivity index (χ0n) is 11.0. The van der Waals surface area contributed by atoms with E-state index < -0.39 is 0 Å². The monoisotopic (exact) mass is 318 g/mol. The van der Waals surface area contributed by atoms with Crippen LogP contribution < -0.4 is 0 Å². The van der Waals surface area contributed by atoms with E-state index in [4.69, 9.17) is 4.74 Å². The smallest absolute Gasteiger partial charge is 0.0469 e. The first kappa shape index (κ1) is 13.1. The second-order valence-corrected chi connectivity index (χ2v) is 6.53. The van der Waals surface area contributed by atoms with Gasteiger partial charge < -0.3 is 4.74 Å². The Kier molecular flexibility index (Phi) is 4.19. The van der Waals surface area contributed by atoms with Crippen molar-refractivity contribution in [1.82, 2.24) is 0 Å². The first-order valence-corrected chi connectivity index (χ1v) is 7.94. The van der Waals surface area contributed by atoms with Crippen LogP contribution in [0.15, 0.2) is 42.5 Å². The zero-order chi connectivity index (χ0) is 13.1. The molecule has 2 heteroatoms. The van der Waals surface area contributed by atoms with Crippen LogP contribution in [-0.2, 0) is 11.2 Å². The third kappa shape index (κ3) is 3.18. The fraction of sp³-hybridized carbons (Fsp3) is 0.412. The van der Waals surface area contributed by atoms with Gasteiger partial charge in [-0.3, -0.25) is 0 Å². The molecule has 0 N–H and O–H groups in total. The molecular weight excluding hydrogens is 300 g/mol. The van der Waals surface area contributed by atoms with Crippen molar-refractivity contribution in [3.05, 3.63) is 48.0 Å². The Balaban J connectivity index is 1.73. The van der Waals surface area contributed by atoms with Crippen LogP contribution in [0.5, 0.6) is 0 Å². The van der Waals surface area contributed by atoms with E-state index in [1.807, 2.05) is 0 Å². The molecule has 0 amide bonds. The fourth-order valence-corrected chi connectivity index (χ4v) is 3.74. The van der Waals surface area contributed by atoms with Crippen molar-refractivity contribution in [2.75, 3.05) is 13.2 Å². The van der Waals surface area contributed by atoms with Crippen LogP contribution in [0.25, 0.3) is 10.8 Å². The number of hydrogen-bond donors (Lipinski definition) is 0. The topological polar surface area (TPSA) is 9.23 Å². The lowest BCUT2D eigenvalue weighted by Crippen LogP contribution is -2.24. The maximum Gasteiger partial charge on any atom is 0.0469 e. The first-order valence-electron chi connectivity index (χ1n) is 7.02. The maximum absolute atomic E-state index is 5.44. The summed E-state index contributed by atoms with van der Waals surface area (Å²) in [6.07, 6.45) is 3.47. The highest BCUT2D eigenvalue weighted by Gasteiger charge is 2.21. The molecule has 1 saturated heterocycles. The van der Waals surface area contributed by atoms with E-state index >= 15 is 0 Å². The molecule has 1 heterocycles. The van der Waals surface area contributed by atoms with Crippen LogP contribution in [0.2, 0.25) is 0 Å². The van der Waals surface area contributed by atoms with Crippen LogP contribution in [0.1, 0.15) is 18.4 Å². The van der Waals surface area contributed by atoms with Crippen molar-refractivity contribution in [2.45, 2.75) is 24.1 Å². The Morgan fingerprint density at radius 2 is 1.79 bits per heavy atom.